The maximum atomic E-state index is 2.27. The summed E-state index contributed by atoms with van der Waals surface area (Å²) in [5, 5.41) is 8.32. The van der Waals surface area contributed by atoms with Crippen molar-refractivity contribution >= 4 is 32.3 Å². The fourth-order valence-electron chi connectivity index (χ4n) is 3.86. The highest BCUT2D eigenvalue weighted by Crippen LogP contribution is 2.40. The van der Waals surface area contributed by atoms with E-state index in [9.17, 15) is 0 Å². The van der Waals surface area contributed by atoms with Crippen LogP contribution in [-0.2, 0) is 0 Å². The van der Waals surface area contributed by atoms with E-state index < -0.39 is 0 Å². The van der Waals surface area contributed by atoms with Crippen molar-refractivity contribution < 1.29 is 0 Å². The van der Waals surface area contributed by atoms with Crippen molar-refractivity contribution in [2.45, 2.75) is 27.7 Å². The zero-order valence-corrected chi connectivity index (χ0v) is 13.6. The molecule has 4 aromatic rings. The van der Waals surface area contributed by atoms with Crippen LogP contribution in [0.25, 0.3) is 32.3 Å². The first-order chi connectivity index (χ1) is 10.6. The summed E-state index contributed by atoms with van der Waals surface area (Å²) < 4.78 is 0. The van der Waals surface area contributed by atoms with Gasteiger partial charge in [-0.15, -0.1) is 0 Å². The molecular weight excluding hydrogens is 264 g/mol. The normalized spacial score (nSPS) is 11.6. The lowest BCUT2D eigenvalue weighted by Gasteiger charge is -2.18. The molecule has 0 saturated heterocycles. The van der Waals surface area contributed by atoms with Gasteiger partial charge in [0.25, 0.3) is 0 Å². The second kappa shape index (κ2) is 4.58. The van der Waals surface area contributed by atoms with Gasteiger partial charge in [-0.1, -0.05) is 48.5 Å². The fraction of sp³-hybridized carbons (Fsp3) is 0.182. The van der Waals surface area contributed by atoms with Crippen LogP contribution in [0.4, 0.5) is 0 Å². The van der Waals surface area contributed by atoms with Gasteiger partial charge in [-0.25, -0.2) is 0 Å². The van der Waals surface area contributed by atoms with Crippen LogP contribution >= 0.6 is 0 Å². The average molecular weight is 284 g/mol. The van der Waals surface area contributed by atoms with Gasteiger partial charge in [-0.05, 0) is 82.3 Å². The molecule has 0 fully saturated rings. The molecule has 0 unspecified atom stereocenters. The topological polar surface area (TPSA) is 0 Å². The molecule has 4 rings (SSSR count). The number of fused-ring (bicyclic) bond motifs is 6. The minimum Gasteiger partial charge on any atom is -0.0616 e. The highest BCUT2D eigenvalue weighted by atomic mass is 14.2. The maximum absolute atomic E-state index is 2.27. The third kappa shape index (κ3) is 1.58. The molecule has 0 aliphatic carbocycles. The number of rotatable bonds is 0. The van der Waals surface area contributed by atoms with Crippen LogP contribution in [0.1, 0.15) is 22.3 Å². The highest BCUT2D eigenvalue weighted by molar-refractivity contribution is 6.27. The maximum Gasteiger partial charge on any atom is -0.00642 e. The molecule has 108 valence electrons. The summed E-state index contributed by atoms with van der Waals surface area (Å²) in [6, 6.07) is 17.6. The van der Waals surface area contributed by atoms with Crippen molar-refractivity contribution in [1.82, 2.24) is 0 Å². The summed E-state index contributed by atoms with van der Waals surface area (Å²) in [6.45, 7) is 9.04. The second-order valence-electron chi connectivity index (χ2n) is 6.34. The Bertz CT molecular complexity index is 966. The lowest BCUT2D eigenvalue weighted by molar-refractivity contribution is 1.26. The van der Waals surface area contributed by atoms with Gasteiger partial charge in [0.15, 0.2) is 0 Å². The molecule has 0 spiro atoms. The summed E-state index contributed by atoms with van der Waals surface area (Å²) >= 11 is 0. The molecule has 0 bridgehead atoms. The Morgan fingerprint density at radius 3 is 1.09 bits per heavy atom. The Hall–Kier alpha value is -2.34. The summed E-state index contributed by atoms with van der Waals surface area (Å²) in [4.78, 5) is 0. The lowest BCUT2D eigenvalue weighted by atomic mass is 9.85. The predicted molar refractivity (Wildman–Crippen MR) is 97.9 cm³/mol. The van der Waals surface area contributed by atoms with Gasteiger partial charge in [-0.3, -0.25) is 0 Å². The summed E-state index contributed by atoms with van der Waals surface area (Å²) in [6.07, 6.45) is 0. The quantitative estimate of drug-likeness (QED) is 0.329. The van der Waals surface area contributed by atoms with E-state index >= 15 is 0 Å². The molecule has 0 aliphatic heterocycles. The van der Waals surface area contributed by atoms with Gasteiger partial charge in [0.05, 0.1) is 0 Å². The minimum absolute atomic E-state index is 1.36. The van der Waals surface area contributed by atoms with E-state index in [0.29, 0.717) is 0 Å². The zero-order valence-electron chi connectivity index (χ0n) is 13.6. The summed E-state index contributed by atoms with van der Waals surface area (Å²) in [5.74, 6) is 0. The van der Waals surface area contributed by atoms with Crippen LogP contribution in [0.3, 0.4) is 0 Å². The molecule has 0 nitrogen and oxygen atoms in total. The van der Waals surface area contributed by atoms with Crippen molar-refractivity contribution in [3.63, 3.8) is 0 Å². The zero-order chi connectivity index (χ0) is 15.4. The standard InChI is InChI=1S/C22H20/c1-13-14(2)16(4)22-20-12-8-6-10-18(20)17-9-5-7-11-19(17)21(22)15(13)3/h5-12H,1-4H3. The molecule has 22 heavy (non-hydrogen) atoms. The van der Waals surface area contributed by atoms with Crippen molar-refractivity contribution in [3.05, 3.63) is 70.8 Å². The molecular formula is C22H20. The molecule has 0 aliphatic rings. The van der Waals surface area contributed by atoms with E-state index in [2.05, 4.69) is 76.2 Å². The van der Waals surface area contributed by atoms with Crippen LogP contribution in [0.15, 0.2) is 48.5 Å². The summed E-state index contributed by atoms with van der Waals surface area (Å²) in [7, 11) is 0. The van der Waals surface area contributed by atoms with Crippen molar-refractivity contribution in [2.75, 3.05) is 0 Å². The molecule has 0 N–H and O–H groups in total. The van der Waals surface area contributed by atoms with E-state index in [0.717, 1.165) is 0 Å². The van der Waals surface area contributed by atoms with E-state index in [1.165, 1.54) is 54.6 Å². The van der Waals surface area contributed by atoms with E-state index in [4.69, 9.17) is 0 Å². The first-order valence-corrected chi connectivity index (χ1v) is 7.90. The van der Waals surface area contributed by atoms with E-state index in [1.807, 2.05) is 0 Å². The van der Waals surface area contributed by atoms with Crippen molar-refractivity contribution in [2.24, 2.45) is 0 Å². The van der Waals surface area contributed by atoms with Gasteiger partial charge in [0.1, 0.15) is 0 Å². The van der Waals surface area contributed by atoms with Crippen LogP contribution in [0.5, 0.6) is 0 Å². The van der Waals surface area contributed by atoms with Crippen LogP contribution in [0.2, 0.25) is 0 Å². The monoisotopic (exact) mass is 284 g/mol. The Balaban J connectivity index is 2.50. The largest absolute Gasteiger partial charge is 0.0616 e. The van der Waals surface area contributed by atoms with E-state index in [-0.39, 0.29) is 0 Å². The van der Waals surface area contributed by atoms with Gasteiger partial charge in [0, 0.05) is 0 Å². The van der Waals surface area contributed by atoms with Gasteiger partial charge in [-0.2, -0.15) is 0 Å². The Morgan fingerprint density at radius 1 is 0.409 bits per heavy atom. The van der Waals surface area contributed by atoms with Crippen LogP contribution in [0, 0.1) is 27.7 Å². The first-order valence-electron chi connectivity index (χ1n) is 7.90. The molecule has 0 atom stereocenters. The smallest absolute Gasteiger partial charge is 0.00642 e. The van der Waals surface area contributed by atoms with Gasteiger partial charge < -0.3 is 0 Å². The molecule has 4 aromatic carbocycles. The SMILES string of the molecule is Cc1c(C)c(C)c2c3ccccc3c3ccccc3c2c1C. The molecule has 0 amide bonds. The minimum atomic E-state index is 1.36. The van der Waals surface area contributed by atoms with E-state index in [1.54, 1.807) is 0 Å². The molecule has 0 saturated carbocycles. The van der Waals surface area contributed by atoms with Gasteiger partial charge in [0.2, 0.25) is 0 Å². The van der Waals surface area contributed by atoms with Crippen LogP contribution < -0.4 is 0 Å². The molecule has 0 aromatic heterocycles. The van der Waals surface area contributed by atoms with Crippen molar-refractivity contribution in [3.8, 4) is 0 Å². The third-order valence-corrected chi connectivity index (χ3v) is 5.37. The van der Waals surface area contributed by atoms with Crippen LogP contribution in [-0.4, -0.2) is 0 Å². The average Bonchev–Trinajstić information content (AvgIpc) is 2.57. The number of benzene rings is 4. The summed E-state index contributed by atoms with van der Waals surface area (Å²) in [5.41, 5.74) is 5.68. The third-order valence-electron chi connectivity index (χ3n) is 5.37. The number of aryl methyl sites for hydroxylation is 2. The van der Waals surface area contributed by atoms with Crippen molar-refractivity contribution in [1.29, 1.82) is 0 Å². The van der Waals surface area contributed by atoms with Gasteiger partial charge >= 0.3 is 0 Å². The number of hydrogen-bond donors (Lipinski definition) is 0. The first kappa shape index (κ1) is 13.3. The molecule has 0 heteroatoms. The lowest BCUT2D eigenvalue weighted by Crippen LogP contribution is -1.96. The predicted octanol–water partition coefficient (Wildman–Crippen LogP) is 6.38. The fourth-order valence-corrected chi connectivity index (χ4v) is 3.86. The Kier molecular flexibility index (Phi) is 2.77. The Morgan fingerprint density at radius 2 is 0.727 bits per heavy atom. The molecule has 0 radical (unpaired) electrons. The highest BCUT2D eigenvalue weighted by Gasteiger charge is 2.15. The Labute approximate surface area is 131 Å². The number of hydrogen-bond acceptors (Lipinski definition) is 0. The molecule has 0 heterocycles. The second-order valence-corrected chi connectivity index (χ2v) is 6.34.